The Bertz CT molecular complexity index is 1810. The second-order valence-corrected chi connectivity index (χ2v) is 12.6. The van der Waals surface area contributed by atoms with Crippen LogP contribution in [0.15, 0.2) is 60.8 Å². The van der Waals surface area contributed by atoms with Crippen LogP contribution in [0.3, 0.4) is 0 Å². The molecule has 0 saturated heterocycles. The molecule has 0 bridgehead atoms. The number of aromatic nitrogens is 3. The van der Waals surface area contributed by atoms with Crippen molar-refractivity contribution >= 4 is 52.4 Å². The molecule has 12 nitrogen and oxygen atoms in total. The van der Waals surface area contributed by atoms with Gasteiger partial charge in [-0.05, 0) is 56.5 Å². The first-order valence-corrected chi connectivity index (χ1v) is 16.2. The number of anilines is 2. The molecule has 48 heavy (non-hydrogen) atoms. The number of aliphatic hydroxyl groups excluding tert-OH is 1. The fourth-order valence-corrected chi connectivity index (χ4v) is 6.06. The van der Waals surface area contributed by atoms with Crippen molar-refractivity contribution in [2.75, 3.05) is 30.9 Å². The summed E-state index contributed by atoms with van der Waals surface area (Å²) < 4.78 is 6.71. The van der Waals surface area contributed by atoms with Gasteiger partial charge in [-0.2, -0.15) is 5.10 Å². The van der Waals surface area contributed by atoms with E-state index in [0.717, 1.165) is 24.1 Å². The Morgan fingerprint density at radius 3 is 2.21 bits per heavy atom. The molecule has 0 spiro atoms. The smallest absolute Gasteiger partial charge is 0.325 e. The predicted molar refractivity (Wildman–Crippen MR) is 184 cm³/mol. The first-order chi connectivity index (χ1) is 23.0. The highest BCUT2D eigenvalue weighted by atomic mass is 35.5. The van der Waals surface area contributed by atoms with E-state index in [4.69, 9.17) is 33.0 Å². The average Bonchev–Trinajstić information content (AvgIpc) is 3.53. The number of pyridine rings is 1. The van der Waals surface area contributed by atoms with E-state index >= 15 is 0 Å². The molecule has 1 unspecified atom stereocenters. The van der Waals surface area contributed by atoms with Crippen LogP contribution in [0.5, 0.6) is 0 Å². The van der Waals surface area contributed by atoms with Gasteiger partial charge in [0.2, 0.25) is 0 Å². The summed E-state index contributed by atoms with van der Waals surface area (Å²) >= 11 is 13.6. The number of esters is 1. The summed E-state index contributed by atoms with van der Waals surface area (Å²) in [6.07, 6.45) is 3.19. The van der Waals surface area contributed by atoms with Crippen LogP contribution >= 0.6 is 23.2 Å². The number of aliphatic hydroxyl groups is 1. The van der Waals surface area contributed by atoms with Crippen molar-refractivity contribution in [2.45, 2.75) is 51.4 Å². The molecule has 3 heterocycles. The molecule has 1 aliphatic heterocycles. The summed E-state index contributed by atoms with van der Waals surface area (Å²) in [5.74, 6) is -1.27. The van der Waals surface area contributed by atoms with E-state index in [-0.39, 0.29) is 40.1 Å². The zero-order valence-corrected chi connectivity index (χ0v) is 28.3. The van der Waals surface area contributed by atoms with Gasteiger partial charge >= 0.3 is 5.97 Å². The number of rotatable bonds is 12. The van der Waals surface area contributed by atoms with Gasteiger partial charge in [0.1, 0.15) is 11.2 Å². The van der Waals surface area contributed by atoms with Crippen LogP contribution in [0.25, 0.3) is 11.1 Å². The fourth-order valence-electron chi connectivity index (χ4n) is 5.51. The van der Waals surface area contributed by atoms with E-state index in [1.807, 2.05) is 0 Å². The number of fused-ring (bicyclic) bond motifs is 1. The Kier molecular flexibility index (Phi) is 11.1. The summed E-state index contributed by atoms with van der Waals surface area (Å²) in [5, 5.41) is 26.0. The number of amides is 2. The molecular formula is C34H37Cl2N7O5. The van der Waals surface area contributed by atoms with Gasteiger partial charge in [-0.15, -0.1) is 0 Å². The van der Waals surface area contributed by atoms with E-state index in [1.54, 1.807) is 79.3 Å². The molecule has 0 saturated carbocycles. The number of nitrogens with one attached hydrogen (secondary N) is 4. The highest BCUT2D eigenvalue weighted by Crippen LogP contribution is 2.40. The summed E-state index contributed by atoms with van der Waals surface area (Å²) in [4.78, 5) is 42.9. The van der Waals surface area contributed by atoms with E-state index < -0.39 is 17.4 Å². The highest BCUT2D eigenvalue weighted by Gasteiger charge is 2.34. The minimum Gasteiger partial charge on any atom is -0.468 e. The topological polar surface area (TPSA) is 160 Å². The Labute approximate surface area is 288 Å². The van der Waals surface area contributed by atoms with E-state index in [1.165, 1.54) is 7.11 Å². The van der Waals surface area contributed by atoms with Gasteiger partial charge in [-0.25, -0.2) is 0 Å². The molecule has 4 aromatic rings. The monoisotopic (exact) mass is 693 g/mol. The molecule has 252 valence electrons. The molecule has 5 rings (SSSR count). The summed E-state index contributed by atoms with van der Waals surface area (Å²) in [7, 11) is 1.35. The number of aryl methyl sites for hydroxylation is 1. The lowest BCUT2D eigenvalue weighted by Crippen LogP contribution is -2.50. The number of hydrogen-bond acceptors (Lipinski definition) is 9. The molecule has 14 heteroatoms. The van der Waals surface area contributed by atoms with Crippen molar-refractivity contribution in [1.82, 2.24) is 25.4 Å². The van der Waals surface area contributed by atoms with Gasteiger partial charge in [0.25, 0.3) is 11.8 Å². The van der Waals surface area contributed by atoms with Crippen LogP contribution < -0.4 is 21.3 Å². The fraction of sp³-hybridized carbons (Fsp3) is 0.324. The number of halogens is 2. The molecule has 2 aromatic carbocycles. The van der Waals surface area contributed by atoms with Crippen LogP contribution in [0, 0.1) is 0 Å². The quantitative estimate of drug-likeness (QED) is 0.0991. The van der Waals surface area contributed by atoms with E-state index in [9.17, 15) is 14.4 Å². The third-order valence-electron chi connectivity index (χ3n) is 7.95. The maximum absolute atomic E-state index is 13.4. The lowest BCUT2D eigenvalue weighted by Gasteiger charge is -2.32. The van der Waals surface area contributed by atoms with Crippen molar-refractivity contribution in [3.05, 3.63) is 93.5 Å². The zero-order chi connectivity index (χ0) is 34.4. The third-order valence-corrected chi connectivity index (χ3v) is 8.77. The summed E-state index contributed by atoms with van der Waals surface area (Å²) in [6.45, 7) is 5.16. The molecule has 2 amide bonds. The predicted octanol–water partition coefficient (Wildman–Crippen LogP) is 5.21. The largest absolute Gasteiger partial charge is 0.468 e. The number of benzene rings is 2. The van der Waals surface area contributed by atoms with Crippen LogP contribution in [-0.2, 0) is 22.6 Å². The summed E-state index contributed by atoms with van der Waals surface area (Å²) in [5.41, 5.74) is 2.98. The lowest BCUT2D eigenvalue weighted by atomic mass is 9.98. The first-order valence-electron chi connectivity index (χ1n) is 15.4. The van der Waals surface area contributed by atoms with Gasteiger partial charge in [0.05, 0.1) is 46.9 Å². The minimum atomic E-state index is -0.925. The second-order valence-electron chi connectivity index (χ2n) is 11.8. The number of methoxy groups -OCH3 is 1. The van der Waals surface area contributed by atoms with Crippen molar-refractivity contribution in [3.8, 4) is 11.1 Å². The molecule has 0 aliphatic carbocycles. The van der Waals surface area contributed by atoms with Gasteiger partial charge in [-0.3, -0.25) is 29.4 Å². The molecule has 2 aromatic heterocycles. The SMILES string of the molecule is COC(=O)C(C)(C)NC1CCCn2nc(C(=O)Nc3cccc(-c4cccc(NC(=O)c5ccc(CNCCO)cn5)c4Cl)c3Cl)cc21. The van der Waals surface area contributed by atoms with Crippen LogP contribution in [-0.4, -0.2) is 63.5 Å². The molecule has 5 N–H and O–H groups in total. The van der Waals surface area contributed by atoms with Gasteiger partial charge in [-0.1, -0.05) is 53.5 Å². The zero-order valence-electron chi connectivity index (χ0n) is 26.8. The molecular weight excluding hydrogens is 657 g/mol. The number of carbonyl (C=O) groups is 3. The van der Waals surface area contributed by atoms with E-state index in [2.05, 4.69) is 31.3 Å². The molecule has 0 fully saturated rings. The first kappa shape index (κ1) is 35.0. The average molecular weight is 695 g/mol. The molecule has 0 radical (unpaired) electrons. The Morgan fingerprint density at radius 1 is 0.979 bits per heavy atom. The Hall–Kier alpha value is -4.33. The number of hydrogen-bond donors (Lipinski definition) is 5. The number of nitrogens with zero attached hydrogens (tertiary/aromatic N) is 3. The maximum Gasteiger partial charge on any atom is 0.325 e. The highest BCUT2D eigenvalue weighted by molar-refractivity contribution is 6.40. The van der Waals surface area contributed by atoms with Gasteiger partial charge in [0.15, 0.2) is 5.69 Å². The second kappa shape index (κ2) is 15.3. The van der Waals surface area contributed by atoms with Crippen molar-refractivity contribution in [2.24, 2.45) is 0 Å². The van der Waals surface area contributed by atoms with Gasteiger partial charge in [0, 0.05) is 37.0 Å². The third kappa shape index (κ3) is 7.86. The molecule has 1 atom stereocenters. The standard InChI is InChI=1S/C34H37Cl2N7O5/c1-34(2,33(47)48-3)41-23-11-6-15-43-28(23)17-27(42-43)32(46)40-25-10-5-8-22(30(25)36)21-7-4-9-24(29(21)35)39-31(45)26-13-12-20(19-38-26)18-37-14-16-44/h4-5,7-10,12-13,17,19,23,37,41,44H,6,11,14-16,18H2,1-3H3,(H,39,45)(H,40,46). The Balaban J connectivity index is 1.31. The summed E-state index contributed by atoms with van der Waals surface area (Å²) in [6, 6.07) is 15.3. The normalized spacial score (nSPS) is 14.2. The van der Waals surface area contributed by atoms with Gasteiger partial charge < -0.3 is 25.8 Å². The van der Waals surface area contributed by atoms with E-state index in [0.29, 0.717) is 42.1 Å². The number of ether oxygens (including phenoxy) is 1. The van der Waals surface area contributed by atoms with Crippen LogP contribution in [0.4, 0.5) is 11.4 Å². The minimum absolute atomic E-state index is 0.0317. The van der Waals surface area contributed by atoms with Crippen molar-refractivity contribution in [3.63, 3.8) is 0 Å². The lowest BCUT2D eigenvalue weighted by molar-refractivity contribution is -0.147. The van der Waals surface area contributed by atoms with Crippen molar-refractivity contribution in [1.29, 1.82) is 0 Å². The Morgan fingerprint density at radius 2 is 1.62 bits per heavy atom. The maximum atomic E-state index is 13.4. The van der Waals surface area contributed by atoms with Crippen LogP contribution in [0.2, 0.25) is 10.0 Å². The van der Waals surface area contributed by atoms with Crippen molar-refractivity contribution < 1.29 is 24.2 Å². The number of carbonyl (C=O) groups excluding carboxylic acids is 3. The van der Waals surface area contributed by atoms with Crippen LogP contribution in [0.1, 0.15) is 65.0 Å². The molecule has 1 aliphatic rings.